The highest BCUT2D eigenvalue weighted by Crippen LogP contribution is 2.44. The molecule has 1 aliphatic carbocycles. The number of fused-ring (bicyclic) bond motifs is 8. The quantitative estimate of drug-likeness (QED) is 0.0642. The topological polar surface area (TPSA) is 158 Å². The average molecular weight is 1070 g/mol. The lowest BCUT2D eigenvalue weighted by molar-refractivity contribution is -0.146. The van der Waals surface area contributed by atoms with Crippen LogP contribution in [0.3, 0.4) is 0 Å². The van der Waals surface area contributed by atoms with Gasteiger partial charge in [0.05, 0.1) is 19.8 Å². The summed E-state index contributed by atoms with van der Waals surface area (Å²) in [6, 6.07) is 22.8. The summed E-state index contributed by atoms with van der Waals surface area (Å²) in [7, 11) is 0. The van der Waals surface area contributed by atoms with Crippen molar-refractivity contribution in [3.05, 3.63) is 145 Å². The van der Waals surface area contributed by atoms with Gasteiger partial charge in [-0.3, -0.25) is 9.78 Å². The van der Waals surface area contributed by atoms with Gasteiger partial charge in [-0.05, 0) is 121 Å². The van der Waals surface area contributed by atoms with Gasteiger partial charge in [0.15, 0.2) is 26.4 Å². The fourth-order valence-corrected chi connectivity index (χ4v) is 9.43. The van der Waals surface area contributed by atoms with Crippen LogP contribution in [0.5, 0.6) is 23.0 Å². The number of nitrogens with zero attached hydrogens (tertiary/aromatic N) is 1. The van der Waals surface area contributed by atoms with Gasteiger partial charge in [-0.15, -0.1) is 0 Å². The molecule has 5 aromatic rings. The highest BCUT2D eigenvalue weighted by Gasteiger charge is 2.30. The summed E-state index contributed by atoms with van der Waals surface area (Å²) in [6.07, 6.45) is 3.34. The van der Waals surface area contributed by atoms with E-state index in [1.165, 1.54) is 0 Å². The van der Waals surface area contributed by atoms with Crippen molar-refractivity contribution in [3.63, 3.8) is 0 Å². The zero-order chi connectivity index (χ0) is 57.2. The zero-order valence-corrected chi connectivity index (χ0v) is 49.1. The minimum absolute atomic E-state index is 0.184. The Morgan fingerprint density at radius 1 is 0.436 bits per heavy atom. The SMILES string of the molecule is CCOC(=O)COc1c2cc(C(C)(C)C)cc1Cc1cc(C(C)(C)C)cc(c1OCC(=O)OCC)Cc1cc(C(C)(C)C)cc(c1OCC(=O)OCC)Cc1cc(C(C)(C)C)cc(c1OCC(=O)NCCc1ccccn1)C2. The average Bonchev–Trinajstić information content (AvgIpc) is 3.40. The Balaban J connectivity index is 1.74. The van der Waals surface area contributed by atoms with Crippen LogP contribution in [0.15, 0.2) is 72.9 Å². The van der Waals surface area contributed by atoms with E-state index in [9.17, 15) is 19.2 Å². The Morgan fingerprint density at radius 2 is 0.718 bits per heavy atom. The Morgan fingerprint density at radius 3 is 0.962 bits per heavy atom. The molecule has 0 spiro atoms. The summed E-state index contributed by atoms with van der Waals surface area (Å²) >= 11 is 0. The molecule has 0 radical (unpaired) electrons. The summed E-state index contributed by atoms with van der Waals surface area (Å²) in [6.45, 7) is 30.8. The molecule has 4 aromatic carbocycles. The predicted octanol–water partition coefficient (Wildman–Crippen LogP) is 11.5. The van der Waals surface area contributed by atoms with Crippen molar-refractivity contribution in [3.8, 4) is 23.0 Å². The predicted molar refractivity (Wildman–Crippen MR) is 305 cm³/mol. The van der Waals surface area contributed by atoms with Gasteiger partial charge < -0.3 is 38.5 Å². The molecule has 0 atom stereocenters. The van der Waals surface area contributed by atoms with Gasteiger partial charge in [-0.2, -0.15) is 0 Å². The molecule has 8 bridgehead atoms. The number of hydrogen-bond acceptors (Lipinski definition) is 12. The number of aromatic nitrogens is 1. The van der Waals surface area contributed by atoms with Crippen molar-refractivity contribution in [2.75, 3.05) is 52.8 Å². The first-order chi connectivity index (χ1) is 36.7. The van der Waals surface area contributed by atoms with Crippen molar-refractivity contribution >= 4 is 23.8 Å². The molecule has 6 rings (SSSR count). The van der Waals surface area contributed by atoms with E-state index < -0.39 is 17.9 Å². The van der Waals surface area contributed by atoms with E-state index in [1.54, 1.807) is 27.0 Å². The fourth-order valence-electron chi connectivity index (χ4n) is 9.43. The van der Waals surface area contributed by atoms with Gasteiger partial charge >= 0.3 is 17.9 Å². The minimum atomic E-state index is -0.516. The summed E-state index contributed by atoms with van der Waals surface area (Å²) < 4.78 is 43.3. The number of esters is 3. The Hall–Kier alpha value is -6.89. The lowest BCUT2D eigenvalue weighted by Gasteiger charge is -2.29. The molecule has 1 N–H and O–H groups in total. The van der Waals surface area contributed by atoms with Crippen LogP contribution in [0.25, 0.3) is 0 Å². The molecular formula is C65H84N2O11. The third-order valence-electron chi connectivity index (χ3n) is 13.7. The fraction of sp³-hybridized carbons (Fsp3) is 0.492. The number of nitrogens with one attached hydrogen (secondary N) is 1. The molecule has 13 nitrogen and oxygen atoms in total. The van der Waals surface area contributed by atoms with Crippen molar-refractivity contribution < 1.29 is 52.3 Å². The molecule has 78 heavy (non-hydrogen) atoms. The second-order valence-electron chi connectivity index (χ2n) is 24.2. The van der Waals surface area contributed by atoms with Crippen LogP contribution < -0.4 is 24.3 Å². The molecule has 1 heterocycles. The lowest BCUT2D eigenvalue weighted by Crippen LogP contribution is -2.31. The largest absolute Gasteiger partial charge is 0.483 e. The first-order valence-electron chi connectivity index (χ1n) is 27.5. The number of carbonyl (C=O) groups excluding carboxylic acids is 4. The number of benzene rings is 4. The molecule has 0 saturated heterocycles. The van der Waals surface area contributed by atoms with Crippen LogP contribution in [-0.2, 0) is 87.2 Å². The van der Waals surface area contributed by atoms with E-state index in [1.807, 2.05) is 18.2 Å². The second kappa shape index (κ2) is 25.7. The van der Waals surface area contributed by atoms with Crippen LogP contribution in [0, 0.1) is 0 Å². The number of amides is 1. The summed E-state index contributed by atoms with van der Waals surface area (Å²) in [5.74, 6) is 0.164. The van der Waals surface area contributed by atoms with Crippen LogP contribution in [0.4, 0.5) is 0 Å². The lowest BCUT2D eigenvalue weighted by atomic mass is 9.79. The molecule has 0 aliphatic heterocycles. The van der Waals surface area contributed by atoms with Gasteiger partial charge in [0.1, 0.15) is 23.0 Å². The summed E-state index contributed by atoms with van der Waals surface area (Å²) in [5.41, 5.74) is 9.80. The summed E-state index contributed by atoms with van der Waals surface area (Å²) in [5, 5.41) is 3.03. The van der Waals surface area contributed by atoms with E-state index in [0.717, 1.165) is 72.5 Å². The van der Waals surface area contributed by atoms with Crippen molar-refractivity contribution in [1.82, 2.24) is 10.3 Å². The van der Waals surface area contributed by atoms with Gasteiger partial charge in [-0.25, -0.2) is 14.4 Å². The van der Waals surface area contributed by atoms with Crippen LogP contribution in [0.2, 0.25) is 0 Å². The van der Waals surface area contributed by atoms with E-state index in [2.05, 4.69) is 142 Å². The van der Waals surface area contributed by atoms with E-state index in [-0.39, 0.29) is 99.5 Å². The van der Waals surface area contributed by atoms with E-state index >= 15 is 0 Å². The Bertz CT molecular complexity index is 2790. The van der Waals surface area contributed by atoms with Crippen LogP contribution in [-0.4, -0.2) is 81.6 Å². The molecule has 0 saturated carbocycles. The molecule has 1 amide bonds. The Labute approximate surface area is 463 Å². The normalized spacial score (nSPS) is 12.8. The van der Waals surface area contributed by atoms with Gasteiger partial charge in [0.25, 0.3) is 5.91 Å². The second-order valence-corrected chi connectivity index (χ2v) is 24.2. The first-order valence-corrected chi connectivity index (χ1v) is 27.5. The maximum atomic E-state index is 13.9. The number of pyridine rings is 1. The van der Waals surface area contributed by atoms with Crippen LogP contribution in [0.1, 0.15) is 176 Å². The summed E-state index contributed by atoms with van der Waals surface area (Å²) in [4.78, 5) is 58.2. The van der Waals surface area contributed by atoms with Gasteiger partial charge in [0, 0.05) is 50.5 Å². The monoisotopic (exact) mass is 1070 g/mol. The molecule has 0 fully saturated rings. The Kier molecular flexibility index (Phi) is 19.9. The van der Waals surface area contributed by atoms with Crippen molar-refractivity contribution in [1.29, 1.82) is 0 Å². The number of ether oxygens (including phenoxy) is 7. The highest BCUT2D eigenvalue weighted by molar-refractivity contribution is 5.78. The number of rotatable bonds is 18. The van der Waals surface area contributed by atoms with Crippen LogP contribution >= 0.6 is 0 Å². The van der Waals surface area contributed by atoms with Gasteiger partial charge in [0.2, 0.25) is 0 Å². The van der Waals surface area contributed by atoms with Crippen molar-refractivity contribution in [2.24, 2.45) is 0 Å². The zero-order valence-electron chi connectivity index (χ0n) is 49.1. The molecule has 420 valence electrons. The number of hydrogen-bond donors (Lipinski definition) is 1. The third kappa shape index (κ3) is 16.3. The molecule has 1 aliphatic rings. The van der Waals surface area contributed by atoms with E-state index in [4.69, 9.17) is 33.2 Å². The molecule has 13 heteroatoms. The standard InChI is InChI=1S/C65H84N2O11/c1-16-72-55(69)38-76-59-43-25-41-29-49(62(4,5)6)30-42(58(41)75-37-54(68)67-24-22-53-21-19-20-23-66-53)26-44-32-51(64(10,11)12)34-46(60(44)77-39-56(70)73-17-2)28-48-36-52(65(13,14)15)35-47(61(48)78-40-57(71)74-18-3)27-45(59)33-50(31-43)63(7,8)9/h19-21,23,29-36H,16-18,22,24-28,37-40H2,1-15H3,(H,67,68). The minimum Gasteiger partial charge on any atom is -0.483 e. The molecule has 1 aromatic heterocycles. The maximum Gasteiger partial charge on any atom is 0.344 e. The molecular weight excluding hydrogens is 985 g/mol. The van der Waals surface area contributed by atoms with Crippen molar-refractivity contribution in [2.45, 2.75) is 158 Å². The highest BCUT2D eigenvalue weighted by atomic mass is 16.6. The number of carbonyl (C=O) groups is 4. The smallest absolute Gasteiger partial charge is 0.344 e. The first kappa shape index (κ1) is 60.3. The van der Waals surface area contributed by atoms with E-state index in [0.29, 0.717) is 36.0 Å². The third-order valence-corrected chi connectivity index (χ3v) is 13.7. The van der Waals surface area contributed by atoms with Gasteiger partial charge in [-0.1, -0.05) is 138 Å². The molecule has 0 unspecified atom stereocenters. The maximum absolute atomic E-state index is 13.9.